The molecule has 1 N–H and O–H groups in total. The first-order valence-electron chi connectivity index (χ1n) is 6.31. The van der Waals surface area contributed by atoms with E-state index in [-0.39, 0.29) is 31.1 Å². The molecule has 112 valence electrons. The van der Waals surface area contributed by atoms with Crippen LogP contribution in [0.4, 0.5) is 0 Å². The van der Waals surface area contributed by atoms with Gasteiger partial charge in [0.2, 0.25) is 0 Å². The summed E-state index contributed by atoms with van der Waals surface area (Å²) in [5.41, 5.74) is 0.139. The summed E-state index contributed by atoms with van der Waals surface area (Å²) in [6, 6.07) is 0. The van der Waals surface area contributed by atoms with Crippen molar-refractivity contribution in [2.45, 2.75) is 26.3 Å². The van der Waals surface area contributed by atoms with Gasteiger partial charge in [0.25, 0.3) is 5.91 Å². The third kappa shape index (κ3) is 4.34. The number of aromatic nitrogens is 2. The number of carbonyl (C=O) groups excluding carboxylic acids is 1. The molecule has 1 heterocycles. The summed E-state index contributed by atoms with van der Waals surface area (Å²) < 4.78 is 6.57. The standard InChI is InChI=1S/C13H21N3O4/c1-13(2,3)16-8-10(7-14-16)12(19)15(5-6-20-4)9-11(17)18/h7-8H,5-6,9H2,1-4H3,(H,17,18). The van der Waals surface area contributed by atoms with Crippen LogP contribution in [0.5, 0.6) is 0 Å². The van der Waals surface area contributed by atoms with Crippen LogP contribution in [0.1, 0.15) is 31.1 Å². The number of nitrogens with zero attached hydrogens (tertiary/aromatic N) is 3. The van der Waals surface area contributed by atoms with Gasteiger partial charge >= 0.3 is 5.97 Å². The number of hydrogen-bond donors (Lipinski definition) is 1. The van der Waals surface area contributed by atoms with Crippen molar-refractivity contribution in [3.63, 3.8) is 0 Å². The molecule has 0 aromatic carbocycles. The Kier molecular flexibility index (Phi) is 5.26. The molecule has 0 aliphatic rings. The molecule has 0 saturated heterocycles. The minimum absolute atomic E-state index is 0.225. The average molecular weight is 283 g/mol. The lowest BCUT2D eigenvalue weighted by molar-refractivity contribution is -0.137. The van der Waals surface area contributed by atoms with E-state index in [0.717, 1.165) is 0 Å². The Labute approximate surface area is 118 Å². The number of aliphatic carboxylic acids is 1. The maximum atomic E-state index is 12.3. The highest BCUT2D eigenvalue weighted by Crippen LogP contribution is 2.14. The molecule has 0 saturated carbocycles. The molecule has 0 aliphatic carbocycles. The highest BCUT2D eigenvalue weighted by atomic mass is 16.5. The molecule has 0 bridgehead atoms. The number of amides is 1. The molecule has 0 spiro atoms. The Bertz CT molecular complexity index is 476. The van der Waals surface area contributed by atoms with Crippen molar-refractivity contribution in [2.24, 2.45) is 0 Å². The second kappa shape index (κ2) is 6.51. The summed E-state index contributed by atoms with van der Waals surface area (Å²) >= 11 is 0. The molecule has 0 fully saturated rings. The van der Waals surface area contributed by atoms with Crippen LogP contribution in [0.2, 0.25) is 0 Å². The van der Waals surface area contributed by atoms with Crippen molar-refractivity contribution >= 4 is 11.9 Å². The van der Waals surface area contributed by atoms with E-state index in [0.29, 0.717) is 5.56 Å². The van der Waals surface area contributed by atoms with Crippen molar-refractivity contribution in [3.05, 3.63) is 18.0 Å². The number of carbonyl (C=O) groups is 2. The van der Waals surface area contributed by atoms with E-state index in [1.165, 1.54) is 18.2 Å². The molecule has 0 unspecified atom stereocenters. The Morgan fingerprint density at radius 2 is 2.10 bits per heavy atom. The second-order valence-corrected chi connectivity index (χ2v) is 5.46. The maximum Gasteiger partial charge on any atom is 0.323 e. The van der Waals surface area contributed by atoms with E-state index in [1.54, 1.807) is 10.9 Å². The topological polar surface area (TPSA) is 84.7 Å². The predicted octanol–water partition coefficient (Wildman–Crippen LogP) is 0.811. The Balaban J connectivity index is 2.88. The van der Waals surface area contributed by atoms with E-state index >= 15 is 0 Å². The first kappa shape index (κ1) is 16.2. The van der Waals surface area contributed by atoms with Crippen LogP contribution < -0.4 is 0 Å². The van der Waals surface area contributed by atoms with Crippen LogP contribution in [0, 0.1) is 0 Å². The summed E-state index contributed by atoms with van der Waals surface area (Å²) in [5, 5.41) is 13.0. The lowest BCUT2D eigenvalue weighted by atomic mass is 10.1. The summed E-state index contributed by atoms with van der Waals surface area (Å²) in [7, 11) is 1.50. The van der Waals surface area contributed by atoms with Gasteiger partial charge in [-0.05, 0) is 20.8 Å². The molecule has 7 nitrogen and oxygen atoms in total. The maximum absolute atomic E-state index is 12.3. The summed E-state index contributed by atoms with van der Waals surface area (Å²) in [4.78, 5) is 24.3. The molecule has 0 atom stereocenters. The SMILES string of the molecule is COCCN(CC(=O)O)C(=O)c1cnn(C(C)(C)C)c1. The second-order valence-electron chi connectivity index (χ2n) is 5.46. The van der Waals surface area contributed by atoms with Crippen molar-refractivity contribution < 1.29 is 19.4 Å². The van der Waals surface area contributed by atoms with Crippen LogP contribution in [-0.2, 0) is 15.1 Å². The van der Waals surface area contributed by atoms with Gasteiger partial charge in [0.1, 0.15) is 6.54 Å². The van der Waals surface area contributed by atoms with Crippen LogP contribution in [0.15, 0.2) is 12.4 Å². The van der Waals surface area contributed by atoms with Gasteiger partial charge in [0.15, 0.2) is 0 Å². The van der Waals surface area contributed by atoms with E-state index in [4.69, 9.17) is 9.84 Å². The van der Waals surface area contributed by atoms with Gasteiger partial charge in [-0.15, -0.1) is 0 Å². The van der Waals surface area contributed by atoms with E-state index < -0.39 is 5.97 Å². The Morgan fingerprint density at radius 1 is 1.45 bits per heavy atom. The summed E-state index contributed by atoms with van der Waals surface area (Å²) in [5.74, 6) is -1.42. The first-order valence-corrected chi connectivity index (χ1v) is 6.31. The molecule has 0 radical (unpaired) electrons. The molecular weight excluding hydrogens is 262 g/mol. The number of hydrogen-bond acceptors (Lipinski definition) is 4. The minimum Gasteiger partial charge on any atom is -0.480 e. The Hall–Kier alpha value is -1.89. The van der Waals surface area contributed by atoms with Crippen molar-refractivity contribution in [1.29, 1.82) is 0 Å². The predicted molar refractivity (Wildman–Crippen MR) is 72.6 cm³/mol. The zero-order valence-electron chi connectivity index (χ0n) is 12.3. The van der Waals surface area contributed by atoms with Gasteiger partial charge < -0.3 is 14.7 Å². The summed E-state index contributed by atoms with van der Waals surface area (Å²) in [6.45, 7) is 6.05. The first-order chi connectivity index (χ1) is 9.25. The molecule has 1 amide bonds. The molecule has 1 aromatic heterocycles. The minimum atomic E-state index is -1.06. The fourth-order valence-electron chi connectivity index (χ4n) is 1.60. The zero-order valence-corrected chi connectivity index (χ0v) is 12.3. The quantitative estimate of drug-likeness (QED) is 0.835. The molecule has 7 heteroatoms. The molecule has 1 aromatic rings. The van der Waals surface area contributed by atoms with Crippen molar-refractivity contribution in [2.75, 3.05) is 26.8 Å². The number of carboxylic acids is 1. The van der Waals surface area contributed by atoms with Crippen molar-refractivity contribution in [1.82, 2.24) is 14.7 Å². The fourth-order valence-corrected chi connectivity index (χ4v) is 1.60. The fraction of sp³-hybridized carbons (Fsp3) is 0.615. The van der Waals surface area contributed by atoms with Gasteiger partial charge in [-0.25, -0.2) is 0 Å². The highest BCUT2D eigenvalue weighted by Gasteiger charge is 2.22. The van der Waals surface area contributed by atoms with E-state index in [9.17, 15) is 9.59 Å². The number of carboxylic acid groups (broad SMARTS) is 1. The smallest absolute Gasteiger partial charge is 0.323 e. The Morgan fingerprint density at radius 3 is 2.55 bits per heavy atom. The summed E-state index contributed by atoms with van der Waals surface area (Å²) in [6.07, 6.45) is 3.08. The van der Waals surface area contributed by atoms with Crippen LogP contribution in [0.3, 0.4) is 0 Å². The van der Waals surface area contributed by atoms with E-state index in [2.05, 4.69) is 5.10 Å². The normalized spacial score (nSPS) is 11.4. The largest absolute Gasteiger partial charge is 0.480 e. The van der Waals surface area contributed by atoms with Gasteiger partial charge in [0.05, 0.1) is 23.9 Å². The van der Waals surface area contributed by atoms with Crippen LogP contribution in [-0.4, -0.2) is 58.5 Å². The molecule has 0 aliphatic heterocycles. The van der Waals surface area contributed by atoms with Gasteiger partial charge in [-0.3, -0.25) is 14.3 Å². The van der Waals surface area contributed by atoms with Crippen LogP contribution >= 0.6 is 0 Å². The lowest BCUT2D eigenvalue weighted by Crippen LogP contribution is -2.37. The van der Waals surface area contributed by atoms with Gasteiger partial charge in [-0.1, -0.05) is 0 Å². The third-order valence-electron chi connectivity index (χ3n) is 2.70. The van der Waals surface area contributed by atoms with E-state index in [1.807, 2.05) is 20.8 Å². The number of methoxy groups -OCH3 is 1. The number of ether oxygens (including phenoxy) is 1. The zero-order chi connectivity index (χ0) is 15.3. The monoisotopic (exact) mass is 283 g/mol. The van der Waals surface area contributed by atoms with Gasteiger partial charge in [-0.2, -0.15) is 5.10 Å². The van der Waals surface area contributed by atoms with Gasteiger partial charge in [0, 0.05) is 19.9 Å². The molecule has 1 rings (SSSR count). The molecular formula is C13H21N3O4. The third-order valence-corrected chi connectivity index (χ3v) is 2.70. The van der Waals surface area contributed by atoms with Crippen LogP contribution in [0.25, 0.3) is 0 Å². The highest BCUT2D eigenvalue weighted by molar-refractivity contribution is 5.95. The average Bonchev–Trinajstić information content (AvgIpc) is 2.82. The lowest BCUT2D eigenvalue weighted by Gasteiger charge is -2.20. The number of rotatable bonds is 6. The van der Waals surface area contributed by atoms with Crippen molar-refractivity contribution in [3.8, 4) is 0 Å². The molecule has 20 heavy (non-hydrogen) atoms.